The molecule has 22 fully saturated rings. The van der Waals surface area contributed by atoms with Gasteiger partial charge in [0.1, 0.15) is 146 Å². The van der Waals surface area contributed by atoms with Gasteiger partial charge in [-0.2, -0.15) is 0 Å². The van der Waals surface area contributed by atoms with Gasteiger partial charge in [-0.25, -0.2) is 4.79 Å². The summed E-state index contributed by atoms with van der Waals surface area (Å²) in [7, 11) is 0. The Labute approximate surface area is 416 Å². The highest BCUT2D eigenvalue weighted by Gasteiger charge is 2.59. The number of ether oxygens (including phenoxy) is 13. The van der Waals surface area contributed by atoms with Crippen LogP contribution in [0.25, 0.3) is 0 Å². The average molecular weight is 1090 g/mol. The van der Waals surface area contributed by atoms with Crippen molar-refractivity contribution in [2.24, 2.45) is 0 Å². The number of esters is 1. The molecule has 2 unspecified atom stereocenters. The van der Waals surface area contributed by atoms with E-state index in [1.807, 2.05) is 0 Å². The Morgan fingerprint density at radius 3 is 0.770 bits per heavy atom. The molecule has 0 aromatic heterocycles. The minimum absolute atomic E-state index is 1.03. The number of rotatable bonds is 10. The molecule has 0 aromatic carbocycles. The van der Waals surface area contributed by atoms with Crippen molar-refractivity contribution < 1.29 is 169 Å². The minimum atomic E-state index is -2.53. The number of hydrogen-bond donors (Lipinski definition) is 20. The molecule has 74 heavy (non-hydrogen) atoms. The number of aliphatic hydroxyl groups excluding tert-OH is 20. The van der Waals surface area contributed by atoms with E-state index in [0.29, 0.717) is 0 Å². The van der Waals surface area contributed by atoms with Crippen LogP contribution in [-0.4, -0.2) is 351 Å². The van der Waals surface area contributed by atoms with Gasteiger partial charge in [-0.05, 0) is 0 Å². The van der Waals surface area contributed by atoms with Crippen LogP contribution >= 0.6 is 0 Å². The largest absolute Gasteiger partial charge is 0.455 e. The van der Waals surface area contributed by atoms with E-state index in [9.17, 15) is 107 Å². The molecule has 430 valence electrons. The van der Waals surface area contributed by atoms with Gasteiger partial charge in [0.15, 0.2) is 49.9 Å². The Kier molecular flexibility index (Phi) is 20.7. The molecule has 22 aliphatic rings. The van der Waals surface area contributed by atoms with Gasteiger partial charge < -0.3 is 164 Å². The smallest absolute Gasteiger partial charge is 0.338 e. The fourth-order valence-electron chi connectivity index (χ4n) is 9.51. The fraction of sp³-hybridized carbons (Fsp3) is 0.975. The van der Waals surface area contributed by atoms with Gasteiger partial charge in [0.05, 0.1) is 46.2 Å². The molecule has 22 heterocycles. The van der Waals surface area contributed by atoms with E-state index in [4.69, 9.17) is 61.6 Å². The molecule has 32 atom stereocenters. The van der Waals surface area contributed by atoms with E-state index in [1.54, 1.807) is 0 Å². The lowest BCUT2D eigenvalue weighted by molar-refractivity contribution is -0.404. The van der Waals surface area contributed by atoms with E-state index in [0.717, 1.165) is 0 Å². The molecular formula is C40H66O34. The molecule has 34 nitrogen and oxygen atoms in total. The van der Waals surface area contributed by atoms with Gasteiger partial charge >= 0.3 is 5.97 Å². The molecule has 22 saturated heterocycles. The highest BCUT2D eigenvalue weighted by Crippen LogP contribution is 2.38. The fourth-order valence-corrected chi connectivity index (χ4v) is 9.51. The highest BCUT2D eigenvalue weighted by atomic mass is 16.8. The van der Waals surface area contributed by atoms with Crippen LogP contribution < -0.4 is 0 Å². The predicted octanol–water partition coefficient (Wildman–Crippen LogP) is -14.8. The molecule has 20 N–H and O–H groups in total. The summed E-state index contributed by atoms with van der Waals surface area (Å²) < 4.78 is 73.6. The Morgan fingerprint density at radius 1 is 0.324 bits per heavy atom. The van der Waals surface area contributed by atoms with Crippen molar-refractivity contribution in [2.45, 2.75) is 196 Å². The Bertz CT molecular complexity index is 1750. The number of carbonyl (C=O) groups excluding carboxylic acids is 1. The molecule has 22 aliphatic heterocycles. The third-order valence-corrected chi connectivity index (χ3v) is 13.7. The molecule has 0 spiro atoms. The van der Waals surface area contributed by atoms with Crippen LogP contribution in [-0.2, 0) is 66.4 Å². The second-order valence-corrected chi connectivity index (χ2v) is 18.4. The van der Waals surface area contributed by atoms with Gasteiger partial charge in [0, 0.05) is 0 Å². The van der Waals surface area contributed by atoms with Gasteiger partial charge in [-0.3, -0.25) is 0 Å². The van der Waals surface area contributed by atoms with Crippen molar-refractivity contribution in [1.29, 1.82) is 0 Å². The number of hydrogen-bond acceptors (Lipinski definition) is 34. The average Bonchev–Trinajstić information content (AvgIpc) is 3.39. The lowest BCUT2D eigenvalue weighted by Gasteiger charge is -2.51. The molecule has 0 aliphatic carbocycles. The van der Waals surface area contributed by atoms with Crippen LogP contribution in [0.4, 0.5) is 0 Å². The first kappa shape index (κ1) is 59.8. The van der Waals surface area contributed by atoms with Crippen molar-refractivity contribution in [3.05, 3.63) is 0 Å². The number of carbonyl (C=O) groups is 1. The van der Waals surface area contributed by atoms with Gasteiger partial charge in [0.25, 0.3) is 0 Å². The standard InChI is InChI=1S/C40H66O34/c41-1-8(48)15(49)34(61)68-33-26(60)40-67-14(7-47)32(33)74-39-25(59)20(54)30(12(5-45)66-39)72-37-23(57)18(52)28(10(3-43)64-37)70-35-21(55)16(50)27(9(2-42)62-35)69-36-22(56)17(51)29(11(4-44)63-36)71-38-24(58)19(53)31(73-40)13(6-46)65-38/h8-33,35-60H,1-7H2/t8?,9-,10-,11-,12-,13-,14-,15?,16-,17-,18-,19-,20-,21-,22-,23-,24-,25-,26-,27-,28-,29-,30-,31-,32+,33-,35-,36-,37-,38-,39-,40-/m1/s1. The van der Waals surface area contributed by atoms with E-state index < -0.39 is 249 Å². The van der Waals surface area contributed by atoms with Crippen molar-refractivity contribution in [3.63, 3.8) is 0 Å². The Balaban J connectivity index is 1.24. The summed E-state index contributed by atoms with van der Waals surface area (Å²) in [6.45, 7) is -7.74. The van der Waals surface area contributed by atoms with Crippen LogP contribution in [0, 0.1) is 0 Å². The van der Waals surface area contributed by atoms with Gasteiger partial charge in [-0.1, -0.05) is 0 Å². The van der Waals surface area contributed by atoms with E-state index >= 15 is 0 Å². The molecule has 12 bridgehead atoms. The minimum Gasteiger partial charge on any atom is -0.455 e. The van der Waals surface area contributed by atoms with Crippen LogP contribution in [0.3, 0.4) is 0 Å². The predicted molar refractivity (Wildman–Crippen MR) is 219 cm³/mol. The van der Waals surface area contributed by atoms with Crippen molar-refractivity contribution in [1.82, 2.24) is 0 Å². The third kappa shape index (κ3) is 11.9. The molecule has 0 saturated carbocycles. The van der Waals surface area contributed by atoms with E-state index in [-0.39, 0.29) is 0 Å². The molecule has 0 radical (unpaired) electrons. The number of aliphatic hydroxyl groups is 20. The third-order valence-electron chi connectivity index (χ3n) is 13.7. The van der Waals surface area contributed by atoms with Crippen LogP contribution in [0.5, 0.6) is 0 Å². The summed E-state index contributed by atoms with van der Waals surface area (Å²) >= 11 is 0. The highest BCUT2D eigenvalue weighted by molar-refractivity contribution is 5.75. The first-order valence-electron chi connectivity index (χ1n) is 23.4. The van der Waals surface area contributed by atoms with Gasteiger partial charge in [0.2, 0.25) is 0 Å². The van der Waals surface area contributed by atoms with Crippen molar-refractivity contribution in [3.8, 4) is 0 Å². The molecule has 34 heteroatoms. The summed E-state index contributed by atoms with van der Waals surface area (Å²) in [5.41, 5.74) is 0. The zero-order valence-electron chi connectivity index (χ0n) is 38.6. The quantitative estimate of drug-likeness (QED) is 0.0903. The summed E-state index contributed by atoms with van der Waals surface area (Å²) in [5, 5.41) is 217. The summed E-state index contributed by atoms with van der Waals surface area (Å²) in [6.07, 6.45) is -66.8. The first-order valence-corrected chi connectivity index (χ1v) is 23.4. The maximum Gasteiger partial charge on any atom is 0.338 e. The molecule has 0 amide bonds. The lowest BCUT2D eigenvalue weighted by Crippen LogP contribution is -2.69. The molecule has 0 aromatic rings. The Morgan fingerprint density at radius 2 is 0.541 bits per heavy atom. The Hall–Kier alpha value is -1.81. The van der Waals surface area contributed by atoms with E-state index in [1.165, 1.54) is 0 Å². The molecule has 22 rings (SSSR count). The second kappa shape index (κ2) is 25.5. The lowest BCUT2D eigenvalue weighted by atomic mass is 9.94. The normalized spacial score (nSPS) is 51.5. The van der Waals surface area contributed by atoms with E-state index in [2.05, 4.69) is 0 Å². The summed E-state index contributed by atoms with van der Waals surface area (Å²) in [5.74, 6) is -1.77. The van der Waals surface area contributed by atoms with Crippen LogP contribution in [0.2, 0.25) is 0 Å². The first-order chi connectivity index (χ1) is 35.2. The van der Waals surface area contributed by atoms with Crippen molar-refractivity contribution >= 4 is 5.97 Å². The second-order valence-electron chi connectivity index (χ2n) is 18.4. The SMILES string of the molecule is O=C(O[C@@H]1[C@@H](O)[C@H]2O[C@H]3[C@H](O)[C@@H](O)[C@@H](O[C@H]4[C@H](O)[C@@H](O)[C@@H](O[C@H]5[C@H](O)[C@@H](O)[C@@H](O[C@H]6[C@H](O)[C@@H](O)[C@@H](O[C@H]7[C@H](O)[C@@H](O)[C@@H](O[C@H]1[C@@H](CO)O2)O[C@@H]7CO)O[C@@H]6CO)O[C@@H]5CO)O[C@@H]4CO)O[C@@H]3CO)C(O)C(O)CO. The topological polar surface area (TPSA) is 542 Å². The van der Waals surface area contributed by atoms with Crippen molar-refractivity contribution in [2.75, 3.05) is 46.2 Å². The zero-order chi connectivity index (χ0) is 54.2. The van der Waals surface area contributed by atoms with Gasteiger partial charge in [-0.15, -0.1) is 0 Å². The molecular weight excluding hydrogens is 1020 g/mol. The summed E-state index contributed by atoms with van der Waals surface area (Å²) in [6, 6.07) is 0. The zero-order valence-corrected chi connectivity index (χ0v) is 38.6. The maximum absolute atomic E-state index is 13.2. The summed E-state index contributed by atoms with van der Waals surface area (Å²) in [4.78, 5) is 13.2. The van der Waals surface area contributed by atoms with Crippen LogP contribution in [0.15, 0.2) is 0 Å². The maximum atomic E-state index is 13.2. The van der Waals surface area contributed by atoms with Crippen LogP contribution in [0.1, 0.15) is 0 Å². The monoisotopic (exact) mass is 1090 g/mol.